The van der Waals surface area contributed by atoms with Gasteiger partial charge >= 0.3 is 0 Å². The minimum Gasteiger partial charge on any atom is -0.265 e. The summed E-state index contributed by atoms with van der Waals surface area (Å²) in [5.74, 6) is 0. The molecule has 0 fully saturated rings. The molecular formula is C32H22N2. The molecule has 2 heteroatoms. The quantitative estimate of drug-likeness (QED) is 0.261. The van der Waals surface area contributed by atoms with E-state index in [2.05, 4.69) is 94.9 Å². The van der Waals surface area contributed by atoms with Crippen molar-refractivity contribution in [2.75, 3.05) is 0 Å². The third kappa shape index (κ3) is 4.10. The maximum Gasteiger partial charge on any atom is 0.0273 e. The lowest BCUT2D eigenvalue weighted by atomic mass is 9.99. The summed E-state index contributed by atoms with van der Waals surface area (Å²) in [5.41, 5.74) is 7.17. The Morgan fingerprint density at radius 3 is 1.18 bits per heavy atom. The zero-order valence-electron chi connectivity index (χ0n) is 18.6. The third-order valence-electron chi connectivity index (χ3n) is 6.22. The Morgan fingerprint density at radius 1 is 0.353 bits per heavy atom. The lowest BCUT2D eigenvalue weighted by molar-refractivity contribution is 1.33. The van der Waals surface area contributed by atoms with Crippen molar-refractivity contribution < 1.29 is 0 Å². The number of fused-ring (bicyclic) bond motifs is 2. The highest BCUT2D eigenvalue weighted by atomic mass is 14.6. The zero-order valence-corrected chi connectivity index (χ0v) is 18.6. The fraction of sp³-hybridized carbons (Fsp3) is 0. The Kier molecular flexibility index (Phi) is 5.17. The highest BCUT2D eigenvalue weighted by Gasteiger charge is 2.02. The van der Waals surface area contributed by atoms with Gasteiger partial charge < -0.3 is 0 Å². The fourth-order valence-electron chi connectivity index (χ4n) is 4.38. The van der Waals surface area contributed by atoms with Crippen LogP contribution in [0.3, 0.4) is 0 Å². The highest BCUT2D eigenvalue weighted by molar-refractivity contribution is 5.91. The van der Waals surface area contributed by atoms with Gasteiger partial charge in [-0.25, -0.2) is 0 Å². The summed E-state index contributed by atoms with van der Waals surface area (Å²) in [7, 11) is 0. The van der Waals surface area contributed by atoms with Crippen molar-refractivity contribution in [1.82, 2.24) is 9.97 Å². The molecule has 4 aromatic carbocycles. The summed E-state index contributed by atoms with van der Waals surface area (Å²) in [6, 6.07) is 34.6. The monoisotopic (exact) mass is 434 g/mol. The minimum atomic E-state index is 1.19. The van der Waals surface area contributed by atoms with Gasteiger partial charge in [0.1, 0.15) is 0 Å². The summed E-state index contributed by atoms with van der Waals surface area (Å²) >= 11 is 0. The number of aromatic nitrogens is 2. The Balaban J connectivity index is 1.25. The van der Waals surface area contributed by atoms with Crippen molar-refractivity contribution in [2.24, 2.45) is 0 Å². The summed E-state index contributed by atoms with van der Waals surface area (Å²) in [4.78, 5) is 8.23. The van der Waals surface area contributed by atoms with Crippen LogP contribution in [-0.4, -0.2) is 9.97 Å². The van der Waals surface area contributed by atoms with Gasteiger partial charge in [-0.15, -0.1) is 0 Å². The molecule has 6 rings (SSSR count). The molecule has 0 aliphatic carbocycles. The second kappa shape index (κ2) is 8.76. The molecule has 0 N–H and O–H groups in total. The lowest BCUT2D eigenvalue weighted by Gasteiger charge is -2.06. The van der Waals surface area contributed by atoms with Crippen molar-refractivity contribution in [1.29, 1.82) is 0 Å². The Morgan fingerprint density at radius 2 is 0.735 bits per heavy atom. The maximum absolute atomic E-state index is 4.11. The van der Waals surface area contributed by atoms with E-state index in [0.717, 1.165) is 0 Å². The van der Waals surface area contributed by atoms with Crippen LogP contribution in [0.2, 0.25) is 0 Å². The first-order valence-electron chi connectivity index (χ1n) is 11.4. The fourth-order valence-corrected chi connectivity index (χ4v) is 4.38. The topological polar surface area (TPSA) is 25.8 Å². The molecule has 160 valence electrons. The Bertz CT molecular complexity index is 1510. The molecule has 0 radical (unpaired) electrons. The van der Waals surface area contributed by atoms with E-state index in [1.54, 1.807) is 0 Å². The van der Waals surface area contributed by atoms with E-state index in [-0.39, 0.29) is 0 Å². The average molecular weight is 435 g/mol. The molecule has 34 heavy (non-hydrogen) atoms. The molecule has 2 heterocycles. The van der Waals surface area contributed by atoms with Crippen LogP contribution in [-0.2, 0) is 0 Å². The van der Waals surface area contributed by atoms with Gasteiger partial charge in [0.15, 0.2) is 0 Å². The van der Waals surface area contributed by atoms with E-state index in [4.69, 9.17) is 0 Å². The van der Waals surface area contributed by atoms with Gasteiger partial charge in [0.25, 0.3) is 0 Å². The van der Waals surface area contributed by atoms with E-state index >= 15 is 0 Å². The van der Waals surface area contributed by atoms with Gasteiger partial charge in [-0.2, -0.15) is 0 Å². The molecule has 0 saturated heterocycles. The van der Waals surface area contributed by atoms with Crippen LogP contribution in [0.25, 0.3) is 56.0 Å². The van der Waals surface area contributed by atoms with Crippen LogP contribution in [0.15, 0.2) is 122 Å². The SMILES string of the molecule is C(=C\c1ccc2cc(-c3ccncc3)ccc2c1)/c1ccc2cc(-c3ccncc3)ccc2c1. The third-order valence-corrected chi connectivity index (χ3v) is 6.22. The smallest absolute Gasteiger partial charge is 0.0273 e. The van der Waals surface area contributed by atoms with Gasteiger partial charge in [-0.1, -0.05) is 60.7 Å². The van der Waals surface area contributed by atoms with Crippen molar-refractivity contribution in [3.05, 3.63) is 133 Å². The number of benzene rings is 4. The normalized spacial score (nSPS) is 11.4. The highest BCUT2D eigenvalue weighted by Crippen LogP contribution is 2.27. The Labute approximate surface area is 198 Å². The van der Waals surface area contributed by atoms with E-state index < -0.39 is 0 Å². The second-order valence-electron chi connectivity index (χ2n) is 8.45. The molecule has 0 aliphatic heterocycles. The predicted octanol–water partition coefficient (Wildman–Crippen LogP) is 8.29. The van der Waals surface area contributed by atoms with Crippen LogP contribution in [0.1, 0.15) is 11.1 Å². The van der Waals surface area contributed by atoms with Crippen LogP contribution < -0.4 is 0 Å². The van der Waals surface area contributed by atoms with Crippen molar-refractivity contribution in [3.8, 4) is 22.3 Å². The molecule has 0 spiro atoms. The van der Waals surface area contributed by atoms with Crippen LogP contribution >= 0.6 is 0 Å². The molecule has 2 nitrogen and oxygen atoms in total. The second-order valence-corrected chi connectivity index (χ2v) is 8.45. The number of pyridine rings is 2. The van der Waals surface area contributed by atoms with Crippen LogP contribution in [0.5, 0.6) is 0 Å². The number of nitrogens with zero attached hydrogens (tertiary/aromatic N) is 2. The standard InChI is InChI=1S/C32H22N2/c1(23-3-5-31-21-29(9-7-27(31)19-23)25-11-15-33-16-12-25)2-24-4-6-32-22-30(10-8-28(32)20-24)26-13-17-34-18-14-26/h1-22H/b2-1+. The van der Waals surface area contributed by atoms with Crippen LogP contribution in [0, 0.1) is 0 Å². The van der Waals surface area contributed by atoms with E-state index in [1.807, 2.05) is 49.1 Å². The van der Waals surface area contributed by atoms with E-state index in [9.17, 15) is 0 Å². The largest absolute Gasteiger partial charge is 0.265 e. The number of rotatable bonds is 4. The molecule has 0 amide bonds. The van der Waals surface area contributed by atoms with E-state index in [1.165, 1.54) is 54.9 Å². The first-order chi connectivity index (χ1) is 16.8. The van der Waals surface area contributed by atoms with Crippen molar-refractivity contribution >= 4 is 33.7 Å². The summed E-state index contributed by atoms with van der Waals surface area (Å²) in [6.45, 7) is 0. The van der Waals surface area contributed by atoms with Crippen molar-refractivity contribution in [2.45, 2.75) is 0 Å². The minimum absolute atomic E-state index is 1.19. The number of hydrogen-bond donors (Lipinski definition) is 0. The van der Waals surface area contributed by atoms with Gasteiger partial charge in [-0.05, 0) is 103 Å². The molecule has 0 unspecified atom stereocenters. The summed E-state index contributed by atoms with van der Waals surface area (Å²) < 4.78 is 0. The zero-order chi connectivity index (χ0) is 22.7. The number of hydrogen-bond acceptors (Lipinski definition) is 2. The lowest BCUT2D eigenvalue weighted by Crippen LogP contribution is -1.82. The Hall–Kier alpha value is -4.56. The average Bonchev–Trinajstić information content (AvgIpc) is 2.92. The first-order valence-corrected chi connectivity index (χ1v) is 11.4. The molecule has 0 atom stereocenters. The first kappa shape index (κ1) is 20.1. The van der Waals surface area contributed by atoms with Gasteiger partial charge in [-0.3, -0.25) is 9.97 Å². The summed E-state index contributed by atoms with van der Waals surface area (Å²) in [6.07, 6.45) is 11.7. The van der Waals surface area contributed by atoms with Gasteiger partial charge in [0.2, 0.25) is 0 Å². The maximum atomic E-state index is 4.11. The molecule has 2 aromatic heterocycles. The predicted molar refractivity (Wildman–Crippen MR) is 143 cm³/mol. The molecule has 0 bridgehead atoms. The molecule has 0 saturated carbocycles. The van der Waals surface area contributed by atoms with Crippen LogP contribution in [0.4, 0.5) is 0 Å². The van der Waals surface area contributed by atoms with Crippen molar-refractivity contribution in [3.63, 3.8) is 0 Å². The van der Waals surface area contributed by atoms with Gasteiger partial charge in [0, 0.05) is 24.8 Å². The molecule has 6 aromatic rings. The van der Waals surface area contributed by atoms with E-state index in [0.29, 0.717) is 0 Å². The summed E-state index contributed by atoms with van der Waals surface area (Å²) in [5, 5.41) is 4.95. The molecule has 0 aliphatic rings. The molecular weight excluding hydrogens is 412 g/mol. The van der Waals surface area contributed by atoms with Gasteiger partial charge in [0.05, 0.1) is 0 Å².